The van der Waals surface area contributed by atoms with Crippen LogP contribution in [0.15, 0.2) is 0 Å². The minimum absolute atomic E-state index is 0.0692. The highest BCUT2D eigenvalue weighted by molar-refractivity contribution is 5.72. The lowest BCUT2D eigenvalue weighted by atomic mass is 9.92. The van der Waals surface area contributed by atoms with E-state index in [4.69, 9.17) is 9.84 Å². The van der Waals surface area contributed by atoms with Gasteiger partial charge in [-0.1, -0.05) is 0 Å². The van der Waals surface area contributed by atoms with Crippen molar-refractivity contribution in [3.8, 4) is 0 Å². The van der Waals surface area contributed by atoms with Crippen LogP contribution in [0.1, 0.15) is 34.1 Å². The van der Waals surface area contributed by atoms with E-state index in [9.17, 15) is 4.79 Å². The minimum atomic E-state index is -0.371. The molecule has 0 saturated carbocycles. The second-order valence-corrected chi connectivity index (χ2v) is 5.03. The molecule has 1 heterocycles. The Balaban J connectivity index is 2.92. The normalized spacial score (nSPS) is 28.1. The molecule has 0 aromatic heterocycles. The summed E-state index contributed by atoms with van der Waals surface area (Å²) < 4.78 is 5.04. The van der Waals surface area contributed by atoms with Crippen LogP contribution in [0.5, 0.6) is 0 Å². The van der Waals surface area contributed by atoms with Crippen molar-refractivity contribution in [2.45, 2.75) is 45.2 Å². The number of cyclic esters (lactones) is 1. The van der Waals surface area contributed by atoms with Crippen LogP contribution in [0.2, 0.25) is 0 Å². The number of nitrogens with zero attached hydrogens (tertiary/aromatic N) is 1. The molecule has 1 fully saturated rings. The number of hydrogen-bond donors (Lipinski definition) is 1. The van der Waals surface area contributed by atoms with Crippen molar-refractivity contribution in [1.29, 1.82) is 0 Å². The molecule has 82 valence electrons. The lowest BCUT2D eigenvalue weighted by Crippen LogP contribution is -2.54. The van der Waals surface area contributed by atoms with Gasteiger partial charge in [0.2, 0.25) is 0 Å². The van der Waals surface area contributed by atoms with Crippen molar-refractivity contribution >= 4 is 6.09 Å². The monoisotopic (exact) mass is 201 g/mol. The molecule has 4 heteroatoms. The number of ether oxygens (including phenoxy) is 1. The maximum Gasteiger partial charge on any atom is 0.410 e. The minimum Gasteiger partial charge on any atom is -0.447 e. The third-order valence-electron chi connectivity index (χ3n) is 2.55. The largest absolute Gasteiger partial charge is 0.447 e. The Hall–Kier alpha value is -0.770. The molecule has 14 heavy (non-hydrogen) atoms. The van der Waals surface area contributed by atoms with Crippen LogP contribution < -0.4 is 0 Å². The molecule has 0 aromatic rings. The van der Waals surface area contributed by atoms with E-state index in [2.05, 4.69) is 0 Å². The van der Waals surface area contributed by atoms with E-state index in [0.717, 1.165) is 0 Å². The molecule has 0 aliphatic carbocycles. The molecule has 0 bridgehead atoms. The van der Waals surface area contributed by atoms with Crippen LogP contribution in [0.4, 0.5) is 4.79 Å². The van der Waals surface area contributed by atoms with Gasteiger partial charge in [0.1, 0.15) is 6.61 Å². The molecule has 0 radical (unpaired) electrons. The molecule has 1 N–H and O–H groups in total. The highest BCUT2D eigenvalue weighted by atomic mass is 16.6. The molecule has 1 atom stereocenters. The first-order valence-electron chi connectivity index (χ1n) is 4.89. The maximum absolute atomic E-state index is 11.5. The van der Waals surface area contributed by atoms with Crippen LogP contribution >= 0.6 is 0 Å². The standard InChI is InChI=1S/C10H19NO3/c1-9(2,3)11-8(13)14-7-10(11,4)5-6-12/h12H,5-7H2,1-4H3. The molecule has 0 spiro atoms. The average molecular weight is 201 g/mol. The Morgan fingerprint density at radius 1 is 1.57 bits per heavy atom. The number of rotatable bonds is 2. The summed E-state index contributed by atoms with van der Waals surface area (Å²) in [5.74, 6) is 0. The average Bonchev–Trinajstić information content (AvgIpc) is 2.26. The van der Waals surface area contributed by atoms with Crippen LogP contribution in [-0.2, 0) is 4.74 Å². The van der Waals surface area contributed by atoms with Gasteiger partial charge in [0.15, 0.2) is 0 Å². The third kappa shape index (κ3) is 1.85. The Bertz CT molecular complexity index is 234. The second kappa shape index (κ2) is 3.42. The second-order valence-electron chi connectivity index (χ2n) is 5.03. The molecule has 0 aromatic carbocycles. The van der Waals surface area contributed by atoms with Crippen molar-refractivity contribution in [2.24, 2.45) is 0 Å². The van der Waals surface area contributed by atoms with Gasteiger partial charge in [0.05, 0.1) is 5.54 Å². The van der Waals surface area contributed by atoms with Gasteiger partial charge in [-0.15, -0.1) is 0 Å². The van der Waals surface area contributed by atoms with Gasteiger partial charge in [0.25, 0.3) is 0 Å². The first-order valence-corrected chi connectivity index (χ1v) is 4.89. The number of carbonyl (C=O) groups excluding carboxylic acids is 1. The van der Waals surface area contributed by atoms with E-state index in [-0.39, 0.29) is 23.8 Å². The fourth-order valence-electron chi connectivity index (χ4n) is 2.08. The molecular weight excluding hydrogens is 182 g/mol. The van der Waals surface area contributed by atoms with Gasteiger partial charge in [-0.2, -0.15) is 0 Å². The summed E-state index contributed by atoms with van der Waals surface area (Å²) in [5, 5.41) is 8.97. The highest BCUT2D eigenvalue weighted by Gasteiger charge is 2.48. The molecular formula is C10H19NO3. The number of carbonyl (C=O) groups is 1. The topological polar surface area (TPSA) is 49.8 Å². The first-order chi connectivity index (χ1) is 6.31. The van der Waals surface area contributed by atoms with Crippen LogP contribution in [0, 0.1) is 0 Å². The summed E-state index contributed by atoms with van der Waals surface area (Å²) in [6.45, 7) is 8.28. The van der Waals surface area contributed by atoms with E-state index >= 15 is 0 Å². The fourth-order valence-corrected chi connectivity index (χ4v) is 2.08. The number of hydrogen-bond acceptors (Lipinski definition) is 3. The van der Waals surface area contributed by atoms with Gasteiger partial charge < -0.3 is 9.84 Å². The van der Waals surface area contributed by atoms with Gasteiger partial charge in [0, 0.05) is 12.1 Å². The molecule has 1 rings (SSSR count). The van der Waals surface area contributed by atoms with Gasteiger partial charge in [-0.25, -0.2) is 4.79 Å². The summed E-state index contributed by atoms with van der Waals surface area (Å²) >= 11 is 0. The number of aliphatic hydroxyl groups excluding tert-OH is 1. The SMILES string of the molecule is CC(C)(C)N1C(=O)OCC1(C)CCO. The smallest absolute Gasteiger partial charge is 0.410 e. The van der Waals surface area contributed by atoms with Gasteiger partial charge in [-0.05, 0) is 34.1 Å². The predicted molar refractivity (Wildman–Crippen MR) is 53.0 cm³/mol. The summed E-state index contributed by atoms with van der Waals surface area (Å²) in [4.78, 5) is 13.3. The lowest BCUT2D eigenvalue weighted by molar-refractivity contribution is 0.0707. The Labute approximate surface area is 84.8 Å². The molecule has 1 saturated heterocycles. The van der Waals surface area contributed by atoms with Crippen molar-refractivity contribution in [2.75, 3.05) is 13.2 Å². The zero-order chi connectivity index (χ0) is 11.0. The molecule has 1 aliphatic heterocycles. The van der Waals surface area contributed by atoms with Crippen molar-refractivity contribution in [3.63, 3.8) is 0 Å². The highest BCUT2D eigenvalue weighted by Crippen LogP contribution is 2.33. The quantitative estimate of drug-likeness (QED) is 0.734. The summed E-state index contributed by atoms with van der Waals surface area (Å²) in [6, 6.07) is 0. The first kappa shape index (κ1) is 11.3. The predicted octanol–water partition coefficient (Wildman–Crippen LogP) is 1.38. The number of aliphatic hydroxyl groups is 1. The van der Waals surface area contributed by atoms with Crippen molar-refractivity contribution < 1.29 is 14.6 Å². The Morgan fingerprint density at radius 2 is 2.14 bits per heavy atom. The van der Waals surface area contributed by atoms with Gasteiger partial charge in [-0.3, -0.25) is 4.90 Å². The lowest BCUT2D eigenvalue weighted by Gasteiger charge is -2.41. The van der Waals surface area contributed by atoms with Crippen LogP contribution in [0.3, 0.4) is 0 Å². The molecule has 1 unspecified atom stereocenters. The summed E-state index contributed by atoms with van der Waals surface area (Å²) in [6.07, 6.45) is 0.268. The Kier molecular flexibility index (Phi) is 2.76. The van der Waals surface area contributed by atoms with Crippen LogP contribution in [-0.4, -0.2) is 40.4 Å². The zero-order valence-corrected chi connectivity index (χ0v) is 9.33. The fraction of sp³-hybridized carbons (Fsp3) is 0.900. The van der Waals surface area contributed by atoms with Gasteiger partial charge >= 0.3 is 6.09 Å². The summed E-state index contributed by atoms with van der Waals surface area (Å²) in [5.41, 5.74) is -0.637. The zero-order valence-electron chi connectivity index (χ0n) is 9.33. The van der Waals surface area contributed by atoms with E-state index < -0.39 is 0 Å². The summed E-state index contributed by atoms with van der Waals surface area (Å²) in [7, 11) is 0. The van der Waals surface area contributed by atoms with Crippen molar-refractivity contribution in [1.82, 2.24) is 4.90 Å². The molecule has 1 amide bonds. The maximum atomic E-state index is 11.5. The van der Waals surface area contributed by atoms with E-state index in [0.29, 0.717) is 13.0 Å². The van der Waals surface area contributed by atoms with E-state index in [1.165, 1.54) is 0 Å². The molecule has 4 nitrogen and oxygen atoms in total. The van der Waals surface area contributed by atoms with E-state index in [1.54, 1.807) is 4.90 Å². The van der Waals surface area contributed by atoms with Crippen molar-refractivity contribution in [3.05, 3.63) is 0 Å². The molecule has 1 aliphatic rings. The van der Waals surface area contributed by atoms with Crippen LogP contribution in [0.25, 0.3) is 0 Å². The number of amides is 1. The van der Waals surface area contributed by atoms with E-state index in [1.807, 2.05) is 27.7 Å². The Morgan fingerprint density at radius 3 is 2.57 bits per heavy atom. The third-order valence-corrected chi connectivity index (χ3v) is 2.55.